The standard InChI is InChI=1S/C26H28N2O3/c1-20-10-9-11-21(18-20)30-17-8-7-16-28-23-13-4-3-12-22(23)27-26(28)19-31-25-15-6-5-14-24(25)29-2/h3-6,9-15,18H,7-8,16-17,19H2,1-2H3. The summed E-state index contributed by atoms with van der Waals surface area (Å²) in [7, 11) is 1.65. The molecule has 0 atom stereocenters. The molecule has 3 aromatic carbocycles. The van der Waals surface area contributed by atoms with Crippen molar-refractivity contribution in [3.05, 3.63) is 84.2 Å². The summed E-state index contributed by atoms with van der Waals surface area (Å²) in [6, 6.07) is 24.1. The molecule has 31 heavy (non-hydrogen) atoms. The predicted molar refractivity (Wildman–Crippen MR) is 123 cm³/mol. The molecule has 0 spiro atoms. The van der Waals surface area contributed by atoms with Crippen molar-refractivity contribution in [3.8, 4) is 17.2 Å². The minimum Gasteiger partial charge on any atom is -0.494 e. The Morgan fingerprint density at radius 1 is 0.839 bits per heavy atom. The van der Waals surface area contributed by atoms with Gasteiger partial charge >= 0.3 is 0 Å². The lowest BCUT2D eigenvalue weighted by molar-refractivity contribution is 0.270. The van der Waals surface area contributed by atoms with Crippen LogP contribution in [0.1, 0.15) is 24.2 Å². The van der Waals surface area contributed by atoms with E-state index in [4.69, 9.17) is 19.2 Å². The molecule has 5 heteroatoms. The number of hydrogen-bond acceptors (Lipinski definition) is 4. The maximum atomic E-state index is 6.05. The van der Waals surface area contributed by atoms with E-state index in [-0.39, 0.29) is 0 Å². The van der Waals surface area contributed by atoms with Gasteiger partial charge in [0.2, 0.25) is 0 Å². The normalized spacial score (nSPS) is 10.9. The van der Waals surface area contributed by atoms with Crippen molar-refractivity contribution in [2.75, 3.05) is 13.7 Å². The summed E-state index contributed by atoms with van der Waals surface area (Å²) in [6.45, 7) is 4.02. The van der Waals surface area contributed by atoms with Crippen molar-refractivity contribution in [2.45, 2.75) is 32.9 Å². The van der Waals surface area contributed by atoms with E-state index in [1.807, 2.05) is 54.6 Å². The molecule has 0 aliphatic carbocycles. The van der Waals surface area contributed by atoms with Gasteiger partial charge in [-0.1, -0.05) is 36.4 Å². The van der Waals surface area contributed by atoms with Crippen LogP contribution in [0, 0.1) is 6.92 Å². The lowest BCUT2D eigenvalue weighted by Crippen LogP contribution is -2.09. The summed E-state index contributed by atoms with van der Waals surface area (Å²) in [5.74, 6) is 3.28. The monoisotopic (exact) mass is 416 g/mol. The number of fused-ring (bicyclic) bond motifs is 1. The molecule has 4 aromatic rings. The first-order chi connectivity index (χ1) is 15.2. The van der Waals surface area contributed by atoms with Gasteiger partial charge in [0, 0.05) is 6.54 Å². The Kier molecular flexibility index (Phi) is 6.72. The molecule has 0 amide bonds. The highest BCUT2D eigenvalue weighted by atomic mass is 16.5. The molecule has 0 saturated heterocycles. The fourth-order valence-electron chi connectivity index (χ4n) is 3.63. The van der Waals surface area contributed by atoms with Gasteiger partial charge < -0.3 is 18.8 Å². The Bertz CT molecular complexity index is 1140. The minimum absolute atomic E-state index is 0.384. The first-order valence-corrected chi connectivity index (χ1v) is 10.6. The summed E-state index contributed by atoms with van der Waals surface area (Å²) < 4.78 is 19.6. The fourth-order valence-corrected chi connectivity index (χ4v) is 3.63. The van der Waals surface area contributed by atoms with Crippen molar-refractivity contribution >= 4 is 11.0 Å². The number of aromatic nitrogens is 2. The second-order valence-corrected chi connectivity index (χ2v) is 7.48. The molecule has 0 aliphatic rings. The summed E-state index contributed by atoms with van der Waals surface area (Å²) in [5, 5.41) is 0. The van der Waals surface area contributed by atoms with Gasteiger partial charge in [0.1, 0.15) is 18.2 Å². The van der Waals surface area contributed by atoms with Crippen LogP contribution in [0.25, 0.3) is 11.0 Å². The SMILES string of the molecule is COc1ccccc1OCc1nc2ccccc2n1CCCCOc1cccc(C)c1. The number of benzene rings is 3. The number of methoxy groups -OCH3 is 1. The van der Waals surface area contributed by atoms with E-state index in [0.717, 1.165) is 53.5 Å². The van der Waals surface area contributed by atoms with Crippen LogP contribution >= 0.6 is 0 Å². The van der Waals surface area contributed by atoms with Crippen LogP contribution in [0.5, 0.6) is 17.2 Å². The van der Waals surface area contributed by atoms with Crippen molar-refractivity contribution in [3.63, 3.8) is 0 Å². The topological polar surface area (TPSA) is 45.5 Å². The van der Waals surface area contributed by atoms with E-state index >= 15 is 0 Å². The highest BCUT2D eigenvalue weighted by Gasteiger charge is 2.12. The molecule has 4 rings (SSSR count). The molecule has 0 N–H and O–H groups in total. The molecule has 1 heterocycles. The quantitative estimate of drug-likeness (QED) is 0.307. The predicted octanol–water partition coefficient (Wildman–Crippen LogP) is 5.79. The van der Waals surface area contributed by atoms with E-state index in [1.165, 1.54) is 5.56 Å². The molecule has 0 aliphatic heterocycles. The number of imidazole rings is 1. The highest BCUT2D eigenvalue weighted by molar-refractivity contribution is 5.75. The Hall–Kier alpha value is -3.47. The Morgan fingerprint density at radius 3 is 2.48 bits per heavy atom. The largest absolute Gasteiger partial charge is 0.494 e. The number of hydrogen-bond donors (Lipinski definition) is 0. The van der Waals surface area contributed by atoms with Crippen LogP contribution in [0.4, 0.5) is 0 Å². The molecule has 0 bridgehead atoms. The van der Waals surface area contributed by atoms with Gasteiger partial charge in [0.25, 0.3) is 0 Å². The fraction of sp³-hybridized carbons (Fsp3) is 0.269. The number of nitrogens with zero attached hydrogens (tertiary/aromatic N) is 2. The third-order valence-corrected chi connectivity index (χ3v) is 5.19. The molecule has 0 radical (unpaired) electrons. The number of rotatable bonds is 10. The van der Waals surface area contributed by atoms with Crippen LogP contribution in [0.15, 0.2) is 72.8 Å². The van der Waals surface area contributed by atoms with Crippen LogP contribution in [0.2, 0.25) is 0 Å². The van der Waals surface area contributed by atoms with E-state index in [9.17, 15) is 0 Å². The number of ether oxygens (including phenoxy) is 3. The van der Waals surface area contributed by atoms with Crippen molar-refractivity contribution in [2.24, 2.45) is 0 Å². The van der Waals surface area contributed by atoms with Crippen molar-refractivity contribution in [1.82, 2.24) is 9.55 Å². The average molecular weight is 417 g/mol. The van der Waals surface area contributed by atoms with Gasteiger partial charge in [-0.25, -0.2) is 4.98 Å². The summed E-state index contributed by atoms with van der Waals surface area (Å²) in [6.07, 6.45) is 1.96. The van der Waals surface area contributed by atoms with E-state index < -0.39 is 0 Å². The van der Waals surface area contributed by atoms with Gasteiger partial charge in [-0.05, 0) is 61.7 Å². The van der Waals surface area contributed by atoms with Gasteiger partial charge in [-0.15, -0.1) is 0 Å². The molecular weight excluding hydrogens is 388 g/mol. The molecule has 1 aromatic heterocycles. The third kappa shape index (κ3) is 5.18. The van der Waals surface area contributed by atoms with Crippen LogP contribution in [-0.2, 0) is 13.2 Å². The summed E-state index contributed by atoms with van der Waals surface area (Å²) in [5.41, 5.74) is 3.32. The average Bonchev–Trinajstić information content (AvgIpc) is 3.15. The summed E-state index contributed by atoms with van der Waals surface area (Å²) >= 11 is 0. The Morgan fingerprint density at radius 2 is 1.65 bits per heavy atom. The second-order valence-electron chi connectivity index (χ2n) is 7.48. The van der Waals surface area contributed by atoms with Crippen LogP contribution in [-0.4, -0.2) is 23.3 Å². The molecule has 0 saturated carbocycles. The number of unbranched alkanes of at least 4 members (excludes halogenated alkanes) is 1. The van der Waals surface area contributed by atoms with Gasteiger partial charge in [0.05, 0.1) is 24.8 Å². The maximum Gasteiger partial charge on any atom is 0.161 e. The lowest BCUT2D eigenvalue weighted by Gasteiger charge is -2.12. The van der Waals surface area contributed by atoms with E-state index in [0.29, 0.717) is 13.2 Å². The molecule has 5 nitrogen and oxygen atoms in total. The highest BCUT2D eigenvalue weighted by Crippen LogP contribution is 2.27. The van der Waals surface area contributed by atoms with Crippen LogP contribution < -0.4 is 14.2 Å². The van der Waals surface area contributed by atoms with Crippen molar-refractivity contribution < 1.29 is 14.2 Å². The molecule has 0 fully saturated rings. The third-order valence-electron chi connectivity index (χ3n) is 5.19. The first kappa shape index (κ1) is 20.8. The Labute approximate surface area is 183 Å². The zero-order chi connectivity index (χ0) is 21.5. The first-order valence-electron chi connectivity index (χ1n) is 10.6. The van der Waals surface area contributed by atoms with Gasteiger partial charge in [-0.2, -0.15) is 0 Å². The second kappa shape index (κ2) is 10.0. The van der Waals surface area contributed by atoms with Gasteiger partial charge in [-0.3, -0.25) is 0 Å². The zero-order valence-corrected chi connectivity index (χ0v) is 18.1. The lowest BCUT2D eigenvalue weighted by atomic mass is 10.2. The zero-order valence-electron chi connectivity index (χ0n) is 18.1. The molecule has 0 unspecified atom stereocenters. The summed E-state index contributed by atoms with van der Waals surface area (Å²) in [4.78, 5) is 4.81. The molecule has 160 valence electrons. The minimum atomic E-state index is 0.384. The van der Waals surface area contributed by atoms with Crippen molar-refractivity contribution in [1.29, 1.82) is 0 Å². The number of aryl methyl sites for hydroxylation is 2. The van der Waals surface area contributed by atoms with Gasteiger partial charge in [0.15, 0.2) is 11.5 Å². The smallest absolute Gasteiger partial charge is 0.161 e. The maximum absolute atomic E-state index is 6.05. The Balaban J connectivity index is 1.40. The number of para-hydroxylation sites is 4. The van der Waals surface area contributed by atoms with E-state index in [2.05, 4.69) is 29.7 Å². The molecular formula is C26H28N2O3. The van der Waals surface area contributed by atoms with E-state index in [1.54, 1.807) is 7.11 Å². The van der Waals surface area contributed by atoms with Crippen LogP contribution in [0.3, 0.4) is 0 Å².